The van der Waals surface area contributed by atoms with Crippen LogP contribution in [0.15, 0.2) is 0 Å². The smallest absolute Gasteiger partial charge is 0.0589 e. The van der Waals surface area contributed by atoms with E-state index in [0.717, 1.165) is 19.7 Å². The van der Waals surface area contributed by atoms with E-state index in [1.807, 2.05) is 0 Å². The van der Waals surface area contributed by atoms with Crippen molar-refractivity contribution in [3.8, 4) is 0 Å². The van der Waals surface area contributed by atoms with Crippen LogP contribution in [0.4, 0.5) is 0 Å². The molecule has 0 bridgehead atoms. The molecule has 1 atom stereocenters. The minimum atomic E-state index is 0.300. The molecule has 1 N–H and O–H groups in total. The summed E-state index contributed by atoms with van der Waals surface area (Å²) in [6.45, 7) is 11.2. The van der Waals surface area contributed by atoms with E-state index in [4.69, 9.17) is 4.74 Å². The van der Waals surface area contributed by atoms with E-state index in [1.165, 1.54) is 38.6 Å². The van der Waals surface area contributed by atoms with Gasteiger partial charge in [0.15, 0.2) is 0 Å². The quantitative estimate of drug-likeness (QED) is 0.722. The summed E-state index contributed by atoms with van der Waals surface area (Å²) in [5.41, 5.74) is 0.300. The molecule has 3 nitrogen and oxygen atoms in total. The normalized spacial score (nSPS) is 25.0. The Labute approximate surface area is 113 Å². The molecule has 1 heterocycles. The number of hydrogen-bond donors (Lipinski definition) is 1. The number of piperidine rings is 1. The first-order valence-electron chi connectivity index (χ1n) is 7.63. The minimum Gasteiger partial charge on any atom is -0.383 e. The third-order valence-corrected chi connectivity index (χ3v) is 4.30. The average Bonchev–Trinajstić information content (AvgIpc) is 2.37. The lowest BCUT2D eigenvalue weighted by molar-refractivity contribution is 0.0811. The number of nitrogens with one attached hydrogen (secondary N) is 1. The van der Waals surface area contributed by atoms with E-state index in [0.29, 0.717) is 11.6 Å². The van der Waals surface area contributed by atoms with Gasteiger partial charge in [0.2, 0.25) is 0 Å². The van der Waals surface area contributed by atoms with E-state index >= 15 is 0 Å². The molecule has 0 aliphatic carbocycles. The van der Waals surface area contributed by atoms with Crippen molar-refractivity contribution < 1.29 is 4.74 Å². The Kier molecular flexibility index (Phi) is 7.20. The summed E-state index contributed by atoms with van der Waals surface area (Å²) in [7, 11) is 1.80. The Morgan fingerprint density at radius 2 is 2.00 bits per heavy atom. The van der Waals surface area contributed by atoms with Crippen LogP contribution in [0.25, 0.3) is 0 Å². The summed E-state index contributed by atoms with van der Waals surface area (Å²) in [5, 5.41) is 3.72. The Morgan fingerprint density at radius 3 is 2.50 bits per heavy atom. The van der Waals surface area contributed by atoms with Gasteiger partial charge in [0, 0.05) is 31.8 Å². The second kappa shape index (κ2) is 8.13. The van der Waals surface area contributed by atoms with Crippen molar-refractivity contribution in [2.75, 3.05) is 33.4 Å². The molecule has 1 rings (SSSR count). The summed E-state index contributed by atoms with van der Waals surface area (Å²) < 4.78 is 5.27. The lowest BCUT2D eigenvalue weighted by Gasteiger charge is -2.42. The molecular weight excluding hydrogens is 224 g/mol. The lowest BCUT2D eigenvalue weighted by atomic mass is 9.89. The van der Waals surface area contributed by atoms with Crippen molar-refractivity contribution in [3.63, 3.8) is 0 Å². The predicted octanol–water partition coefficient (Wildman–Crippen LogP) is 2.66. The number of methoxy groups -OCH3 is 1. The van der Waals surface area contributed by atoms with Gasteiger partial charge in [-0.25, -0.2) is 0 Å². The van der Waals surface area contributed by atoms with E-state index < -0.39 is 0 Å². The summed E-state index contributed by atoms with van der Waals surface area (Å²) >= 11 is 0. The zero-order chi connectivity index (χ0) is 13.4. The maximum atomic E-state index is 5.27. The van der Waals surface area contributed by atoms with E-state index in [1.54, 1.807) is 7.11 Å². The first-order valence-corrected chi connectivity index (χ1v) is 7.63. The van der Waals surface area contributed by atoms with Gasteiger partial charge in [0.05, 0.1) is 6.61 Å². The fourth-order valence-corrected chi connectivity index (χ4v) is 3.11. The molecule has 0 aromatic rings. The third kappa shape index (κ3) is 4.87. The van der Waals surface area contributed by atoms with Crippen LogP contribution in [-0.4, -0.2) is 49.8 Å². The number of rotatable bonds is 8. The number of nitrogens with zero attached hydrogens (tertiary/aromatic N) is 1. The van der Waals surface area contributed by atoms with Crippen molar-refractivity contribution in [3.05, 3.63) is 0 Å². The number of hydrogen-bond acceptors (Lipinski definition) is 3. The van der Waals surface area contributed by atoms with Gasteiger partial charge in [-0.15, -0.1) is 0 Å². The van der Waals surface area contributed by atoms with E-state index in [9.17, 15) is 0 Å². The number of ether oxygens (including phenoxy) is 1. The van der Waals surface area contributed by atoms with Crippen LogP contribution < -0.4 is 5.32 Å². The molecule has 3 heteroatoms. The second-order valence-corrected chi connectivity index (χ2v) is 5.88. The summed E-state index contributed by atoms with van der Waals surface area (Å²) in [5.74, 6) is 0. The highest BCUT2D eigenvalue weighted by molar-refractivity contribution is 4.90. The van der Waals surface area contributed by atoms with Crippen molar-refractivity contribution in [2.24, 2.45) is 0 Å². The third-order valence-electron chi connectivity index (χ3n) is 4.30. The van der Waals surface area contributed by atoms with Gasteiger partial charge in [-0.05, 0) is 39.2 Å². The molecule has 1 saturated heterocycles. The molecule has 0 aromatic heterocycles. The van der Waals surface area contributed by atoms with Gasteiger partial charge in [-0.2, -0.15) is 0 Å². The minimum absolute atomic E-state index is 0.300. The van der Waals surface area contributed by atoms with Gasteiger partial charge in [-0.1, -0.05) is 20.3 Å². The van der Waals surface area contributed by atoms with Crippen LogP contribution in [0.1, 0.15) is 52.9 Å². The molecule has 18 heavy (non-hydrogen) atoms. The van der Waals surface area contributed by atoms with E-state index in [2.05, 4.69) is 31.0 Å². The van der Waals surface area contributed by atoms with Crippen molar-refractivity contribution in [1.82, 2.24) is 10.2 Å². The van der Waals surface area contributed by atoms with Crippen LogP contribution in [0.5, 0.6) is 0 Å². The maximum absolute atomic E-state index is 5.27. The Morgan fingerprint density at radius 1 is 1.28 bits per heavy atom. The van der Waals surface area contributed by atoms with Gasteiger partial charge < -0.3 is 10.1 Å². The monoisotopic (exact) mass is 256 g/mol. The summed E-state index contributed by atoms with van der Waals surface area (Å²) in [6, 6.07) is 0.695. The highest BCUT2D eigenvalue weighted by Gasteiger charge is 2.30. The molecular formula is C15H32N2O. The molecule has 1 aliphatic heterocycles. The summed E-state index contributed by atoms with van der Waals surface area (Å²) in [6.07, 6.45) is 6.46. The Balaban J connectivity index is 2.57. The van der Waals surface area contributed by atoms with Crippen LogP contribution in [0, 0.1) is 0 Å². The second-order valence-electron chi connectivity index (χ2n) is 5.88. The van der Waals surface area contributed by atoms with Crippen molar-refractivity contribution in [1.29, 1.82) is 0 Å². The summed E-state index contributed by atoms with van der Waals surface area (Å²) in [4.78, 5) is 2.63. The molecule has 108 valence electrons. The standard InChI is InChI=1S/C15H32N2O/c1-5-14(6-2)17(11-12-18-4)13-15(3)9-7-8-10-16-15/h14,16H,5-13H2,1-4H3. The van der Waals surface area contributed by atoms with Crippen molar-refractivity contribution in [2.45, 2.75) is 64.5 Å². The molecule has 0 aromatic carbocycles. The predicted molar refractivity (Wildman–Crippen MR) is 78.1 cm³/mol. The fourth-order valence-electron chi connectivity index (χ4n) is 3.11. The average molecular weight is 256 g/mol. The largest absolute Gasteiger partial charge is 0.383 e. The molecule has 0 saturated carbocycles. The van der Waals surface area contributed by atoms with Crippen LogP contribution in [-0.2, 0) is 4.74 Å². The van der Waals surface area contributed by atoms with Crippen LogP contribution in [0.2, 0.25) is 0 Å². The SMILES string of the molecule is CCC(CC)N(CCOC)CC1(C)CCCCN1. The Hall–Kier alpha value is -0.120. The van der Waals surface area contributed by atoms with Gasteiger partial charge in [-0.3, -0.25) is 4.90 Å². The zero-order valence-corrected chi connectivity index (χ0v) is 12.8. The van der Waals surface area contributed by atoms with Crippen molar-refractivity contribution >= 4 is 0 Å². The van der Waals surface area contributed by atoms with Gasteiger partial charge in [0.25, 0.3) is 0 Å². The van der Waals surface area contributed by atoms with Gasteiger partial charge >= 0.3 is 0 Å². The molecule has 1 unspecified atom stereocenters. The molecule has 0 amide bonds. The van der Waals surface area contributed by atoms with E-state index in [-0.39, 0.29) is 0 Å². The zero-order valence-electron chi connectivity index (χ0n) is 12.8. The highest BCUT2D eigenvalue weighted by Crippen LogP contribution is 2.22. The topological polar surface area (TPSA) is 24.5 Å². The molecule has 1 aliphatic rings. The fraction of sp³-hybridized carbons (Fsp3) is 1.00. The van der Waals surface area contributed by atoms with Gasteiger partial charge in [0.1, 0.15) is 0 Å². The lowest BCUT2D eigenvalue weighted by Crippen LogP contribution is -2.56. The first-order chi connectivity index (χ1) is 8.65. The highest BCUT2D eigenvalue weighted by atomic mass is 16.5. The maximum Gasteiger partial charge on any atom is 0.0589 e. The molecule has 1 fully saturated rings. The Bertz CT molecular complexity index is 211. The molecule has 0 radical (unpaired) electrons. The van der Waals surface area contributed by atoms with Crippen LogP contribution in [0.3, 0.4) is 0 Å². The van der Waals surface area contributed by atoms with Crippen LogP contribution >= 0.6 is 0 Å². The first kappa shape index (κ1) is 15.9. The molecule has 0 spiro atoms.